The summed E-state index contributed by atoms with van der Waals surface area (Å²) in [5.74, 6) is -0.288. The van der Waals surface area contributed by atoms with Gasteiger partial charge in [-0.1, -0.05) is 44.0 Å². The van der Waals surface area contributed by atoms with Crippen molar-refractivity contribution in [3.8, 4) is 11.1 Å². The third kappa shape index (κ3) is 2.72. The highest BCUT2D eigenvalue weighted by molar-refractivity contribution is 9.12. The molecular weight excluding hydrogens is 504 g/mol. The van der Waals surface area contributed by atoms with Gasteiger partial charge in [0.2, 0.25) is 11.8 Å². The smallest absolute Gasteiger partial charge is 0.269 e. The molecule has 1 heterocycles. The lowest BCUT2D eigenvalue weighted by molar-refractivity contribution is -0.384. The van der Waals surface area contributed by atoms with Crippen molar-refractivity contribution in [2.45, 2.75) is 16.1 Å². The predicted molar refractivity (Wildman–Crippen MR) is 115 cm³/mol. The summed E-state index contributed by atoms with van der Waals surface area (Å²) in [7, 11) is 0. The summed E-state index contributed by atoms with van der Waals surface area (Å²) in [5.41, 5.74) is 2.32. The Morgan fingerprint density at radius 3 is 1.72 bits per heavy atom. The maximum atomic E-state index is 13.1. The number of nitro groups is 1. The van der Waals surface area contributed by atoms with Crippen molar-refractivity contribution in [1.29, 1.82) is 0 Å². The number of non-ortho nitro benzene ring substituents is 1. The average molecular weight is 520 g/mol. The topological polar surface area (TPSA) is 80.5 Å². The van der Waals surface area contributed by atoms with E-state index < -0.39 is 4.92 Å². The molecule has 3 aliphatic rings. The molecule has 0 N–H and O–H groups in total. The average Bonchev–Trinajstić information content (AvgIpc) is 3.33. The number of benzene rings is 2. The number of hydrogen-bond donors (Lipinski definition) is 0. The summed E-state index contributed by atoms with van der Waals surface area (Å²) in [6.07, 6.45) is 0.908. The molecule has 2 aromatic carbocycles. The van der Waals surface area contributed by atoms with Crippen LogP contribution in [0.5, 0.6) is 0 Å². The highest BCUT2D eigenvalue weighted by Gasteiger charge is 2.66. The lowest BCUT2D eigenvalue weighted by atomic mass is 9.81. The van der Waals surface area contributed by atoms with E-state index in [0.29, 0.717) is 5.69 Å². The van der Waals surface area contributed by atoms with Crippen molar-refractivity contribution in [3.05, 3.63) is 58.6 Å². The van der Waals surface area contributed by atoms with Crippen LogP contribution in [0.3, 0.4) is 0 Å². The van der Waals surface area contributed by atoms with Crippen molar-refractivity contribution in [2.24, 2.45) is 23.7 Å². The standard InChI is InChI=1S/C21H16Br2N2O4/c22-18-14-9-15(19(18)23)17-16(14)20(26)24(21(17)27)12-5-1-10(2-6-12)11-3-7-13(8-4-11)25(28)29/h1-8,14-19H,9H2/t14-,15+,16-,17+,18-,19+. The summed E-state index contributed by atoms with van der Waals surface area (Å²) >= 11 is 7.40. The molecule has 6 atom stereocenters. The molecule has 148 valence electrons. The number of hydrogen-bond acceptors (Lipinski definition) is 4. The van der Waals surface area contributed by atoms with Gasteiger partial charge in [-0.25, -0.2) is 0 Å². The third-order valence-electron chi connectivity index (χ3n) is 6.52. The molecular formula is C21H16Br2N2O4. The van der Waals surface area contributed by atoms with Gasteiger partial charge in [-0.3, -0.25) is 24.6 Å². The van der Waals surface area contributed by atoms with Crippen LogP contribution in [0.15, 0.2) is 48.5 Å². The number of fused-ring (bicyclic) bond motifs is 5. The van der Waals surface area contributed by atoms with E-state index in [4.69, 9.17) is 0 Å². The Kier molecular flexibility index (Phi) is 4.40. The van der Waals surface area contributed by atoms with E-state index in [1.807, 2.05) is 12.1 Å². The van der Waals surface area contributed by atoms with Gasteiger partial charge < -0.3 is 0 Å². The SMILES string of the molecule is O=C1[C@@H]2[C@H]3C[C@H]([C@H](Br)[C@@H]3Br)[C@@H]2C(=O)N1c1ccc(-c2ccc([N+](=O)[O-])cc2)cc1. The molecule has 2 amide bonds. The number of amides is 2. The van der Waals surface area contributed by atoms with E-state index in [-0.39, 0.29) is 50.8 Å². The van der Waals surface area contributed by atoms with Gasteiger partial charge in [0.15, 0.2) is 0 Å². The Morgan fingerprint density at radius 2 is 1.28 bits per heavy atom. The first-order chi connectivity index (χ1) is 13.9. The summed E-state index contributed by atoms with van der Waals surface area (Å²) in [5, 5.41) is 10.8. The molecule has 1 saturated heterocycles. The molecule has 5 rings (SSSR count). The quantitative estimate of drug-likeness (QED) is 0.258. The lowest BCUT2D eigenvalue weighted by Crippen LogP contribution is -2.37. The van der Waals surface area contributed by atoms with Gasteiger partial charge in [0.1, 0.15) is 0 Å². The summed E-state index contributed by atoms with van der Waals surface area (Å²) in [6, 6.07) is 13.5. The van der Waals surface area contributed by atoms with E-state index in [0.717, 1.165) is 17.5 Å². The van der Waals surface area contributed by atoms with Crippen LogP contribution in [0, 0.1) is 33.8 Å². The van der Waals surface area contributed by atoms with Crippen LogP contribution in [-0.2, 0) is 9.59 Å². The largest absolute Gasteiger partial charge is 0.274 e. The minimum absolute atomic E-state index is 0.0370. The van der Waals surface area contributed by atoms with Crippen molar-refractivity contribution in [1.82, 2.24) is 0 Å². The lowest BCUT2D eigenvalue weighted by Gasteiger charge is -2.28. The molecule has 29 heavy (non-hydrogen) atoms. The summed E-state index contributed by atoms with van der Waals surface area (Å²) < 4.78 is 0. The van der Waals surface area contributed by atoms with Gasteiger partial charge in [-0.2, -0.15) is 0 Å². The maximum absolute atomic E-state index is 13.1. The van der Waals surface area contributed by atoms with Crippen molar-refractivity contribution in [3.63, 3.8) is 0 Å². The van der Waals surface area contributed by atoms with Crippen molar-refractivity contribution < 1.29 is 14.5 Å². The molecule has 8 heteroatoms. The maximum Gasteiger partial charge on any atom is 0.269 e. The Morgan fingerprint density at radius 1 is 0.828 bits per heavy atom. The molecule has 2 bridgehead atoms. The van der Waals surface area contributed by atoms with Crippen molar-refractivity contribution in [2.75, 3.05) is 4.90 Å². The molecule has 2 aliphatic carbocycles. The number of imide groups is 1. The van der Waals surface area contributed by atoms with Crippen LogP contribution in [0.1, 0.15) is 6.42 Å². The molecule has 0 aromatic heterocycles. The fraction of sp³-hybridized carbons (Fsp3) is 0.333. The fourth-order valence-corrected chi connectivity index (χ4v) is 7.06. The zero-order chi connectivity index (χ0) is 20.4. The van der Waals surface area contributed by atoms with Gasteiger partial charge in [0.05, 0.1) is 22.4 Å². The zero-order valence-corrected chi connectivity index (χ0v) is 18.2. The Bertz CT molecular complexity index is 992. The van der Waals surface area contributed by atoms with Crippen LogP contribution in [0.4, 0.5) is 11.4 Å². The van der Waals surface area contributed by atoms with Crippen molar-refractivity contribution >= 4 is 55.0 Å². The summed E-state index contributed by atoms with van der Waals surface area (Å²) in [4.78, 5) is 38.4. The highest BCUT2D eigenvalue weighted by atomic mass is 79.9. The number of nitro benzene ring substituents is 1. The van der Waals surface area contributed by atoms with E-state index in [1.54, 1.807) is 24.3 Å². The molecule has 0 radical (unpaired) electrons. The highest BCUT2D eigenvalue weighted by Crippen LogP contribution is 2.60. The van der Waals surface area contributed by atoms with Gasteiger partial charge >= 0.3 is 0 Å². The zero-order valence-electron chi connectivity index (χ0n) is 15.1. The number of halogens is 2. The number of anilines is 1. The molecule has 2 aromatic rings. The normalized spacial score (nSPS) is 32.7. The number of rotatable bonds is 3. The second-order valence-corrected chi connectivity index (χ2v) is 9.98. The number of carbonyl (C=O) groups is 2. The Labute approximate surface area is 183 Å². The first-order valence-corrected chi connectivity index (χ1v) is 11.2. The van der Waals surface area contributed by atoms with Crippen LogP contribution >= 0.6 is 31.9 Å². The first-order valence-electron chi connectivity index (χ1n) is 9.39. The number of nitrogens with zero attached hydrogens (tertiary/aromatic N) is 2. The second-order valence-electron chi connectivity index (χ2n) is 7.87. The number of carbonyl (C=O) groups excluding carboxylic acids is 2. The Balaban J connectivity index is 1.41. The predicted octanol–water partition coefficient (Wildman–Crippen LogP) is 4.54. The molecule has 0 unspecified atom stereocenters. The van der Waals surface area contributed by atoms with Crippen LogP contribution in [-0.4, -0.2) is 26.4 Å². The van der Waals surface area contributed by atoms with E-state index in [9.17, 15) is 19.7 Å². The molecule has 2 saturated carbocycles. The minimum Gasteiger partial charge on any atom is -0.274 e. The third-order valence-corrected chi connectivity index (χ3v) is 9.73. The molecule has 3 fully saturated rings. The van der Waals surface area contributed by atoms with Gasteiger partial charge in [-0.05, 0) is 53.6 Å². The first kappa shape index (κ1) is 18.9. The van der Waals surface area contributed by atoms with Crippen LogP contribution in [0.25, 0.3) is 11.1 Å². The van der Waals surface area contributed by atoms with E-state index in [1.165, 1.54) is 17.0 Å². The number of alkyl halides is 2. The van der Waals surface area contributed by atoms with E-state index in [2.05, 4.69) is 31.9 Å². The molecule has 0 spiro atoms. The van der Waals surface area contributed by atoms with Gasteiger partial charge in [-0.15, -0.1) is 0 Å². The Hall–Kier alpha value is -2.06. The monoisotopic (exact) mass is 518 g/mol. The molecule has 1 aliphatic heterocycles. The van der Waals surface area contributed by atoms with Crippen LogP contribution < -0.4 is 4.90 Å². The summed E-state index contributed by atoms with van der Waals surface area (Å²) in [6.45, 7) is 0. The second kappa shape index (κ2) is 6.74. The van der Waals surface area contributed by atoms with Gasteiger partial charge in [0.25, 0.3) is 5.69 Å². The van der Waals surface area contributed by atoms with E-state index >= 15 is 0 Å². The molecule has 6 nitrogen and oxygen atoms in total. The van der Waals surface area contributed by atoms with Crippen LogP contribution in [0.2, 0.25) is 0 Å². The minimum atomic E-state index is -0.434. The van der Waals surface area contributed by atoms with Gasteiger partial charge in [0, 0.05) is 21.8 Å². The fourth-order valence-electron chi connectivity index (χ4n) is 5.18.